The van der Waals surface area contributed by atoms with Gasteiger partial charge in [-0.2, -0.15) is 5.10 Å². The Kier molecular flexibility index (Phi) is 4.99. The Hall–Kier alpha value is -1.33. The van der Waals surface area contributed by atoms with Crippen LogP contribution < -0.4 is 5.32 Å². The molecule has 0 saturated carbocycles. The van der Waals surface area contributed by atoms with Crippen LogP contribution in [0.1, 0.15) is 31.3 Å². The number of nitrogens with zero attached hydrogens (tertiary/aromatic N) is 3. The van der Waals surface area contributed by atoms with Crippen LogP contribution in [0.3, 0.4) is 0 Å². The molecule has 1 aromatic heterocycles. The molecule has 0 spiro atoms. The zero-order chi connectivity index (χ0) is 13.7. The van der Waals surface area contributed by atoms with E-state index in [9.17, 15) is 0 Å². The van der Waals surface area contributed by atoms with Gasteiger partial charge in [0.05, 0.1) is 5.75 Å². The maximum Gasteiger partial charge on any atom is 0.138 e. The monoisotopic (exact) mass is 276 g/mol. The molecule has 19 heavy (non-hydrogen) atoms. The molecular weight excluding hydrogens is 256 g/mol. The molecular formula is C14H20N4S. The molecule has 0 amide bonds. The summed E-state index contributed by atoms with van der Waals surface area (Å²) in [6.07, 6.45) is 1.59. The molecule has 0 aliphatic carbocycles. The van der Waals surface area contributed by atoms with E-state index < -0.39 is 0 Å². The smallest absolute Gasteiger partial charge is 0.138 e. The first-order chi connectivity index (χ1) is 9.20. The Bertz CT molecular complexity index is 506. The molecule has 0 fully saturated rings. The number of thioether (sulfide) groups is 1. The molecule has 5 heteroatoms. The highest BCUT2D eigenvalue weighted by Gasteiger charge is 2.05. The minimum Gasteiger partial charge on any atom is -0.310 e. The predicted molar refractivity (Wildman–Crippen MR) is 79.1 cm³/mol. The van der Waals surface area contributed by atoms with Crippen LogP contribution in [0.2, 0.25) is 0 Å². The quantitative estimate of drug-likeness (QED) is 0.824. The topological polar surface area (TPSA) is 42.7 Å². The van der Waals surface area contributed by atoms with Gasteiger partial charge in [-0.15, -0.1) is 11.8 Å². The van der Waals surface area contributed by atoms with Gasteiger partial charge in [-0.05, 0) is 31.2 Å². The number of benzene rings is 1. The van der Waals surface area contributed by atoms with Gasteiger partial charge in [-0.3, -0.25) is 4.68 Å². The van der Waals surface area contributed by atoms with Gasteiger partial charge >= 0.3 is 0 Å². The first-order valence-corrected chi connectivity index (χ1v) is 7.48. The minimum absolute atomic E-state index is 0.405. The van der Waals surface area contributed by atoms with Crippen molar-refractivity contribution in [3.8, 4) is 0 Å². The first-order valence-electron chi connectivity index (χ1n) is 6.49. The molecule has 2 aromatic rings. The second-order valence-corrected chi connectivity index (χ2v) is 5.49. The summed E-state index contributed by atoms with van der Waals surface area (Å²) >= 11 is 1.78. The van der Waals surface area contributed by atoms with Crippen molar-refractivity contribution in [2.24, 2.45) is 7.05 Å². The standard InChI is InChI=1S/C14H20N4S/c1-4-15-11(2)12-5-7-13(8-6-12)19-9-14-16-10-17-18(14)3/h5-8,10-11,15H,4,9H2,1-3H3. The summed E-state index contributed by atoms with van der Waals surface area (Å²) in [5.41, 5.74) is 1.32. The number of hydrogen-bond donors (Lipinski definition) is 1. The number of aryl methyl sites for hydroxylation is 1. The van der Waals surface area contributed by atoms with Gasteiger partial charge < -0.3 is 5.32 Å². The molecule has 0 bridgehead atoms. The van der Waals surface area contributed by atoms with E-state index in [0.29, 0.717) is 6.04 Å². The van der Waals surface area contributed by atoms with Gasteiger partial charge in [-0.25, -0.2) is 4.98 Å². The van der Waals surface area contributed by atoms with E-state index in [1.807, 2.05) is 11.7 Å². The molecule has 0 aliphatic heterocycles. The lowest BCUT2D eigenvalue weighted by Gasteiger charge is -2.12. The van der Waals surface area contributed by atoms with E-state index in [0.717, 1.165) is 18.1 Å². The zero-order valence-corrected chi connectivity index (χ0v) is 12.4. The van der Waals surface area contributed by atoms with E-state index in [1.165, 1.54) is 10.5 Å². The van der Waals surface area contributed by atoms with Gasteiger partial charge in [0.2, 0.25) is 0 Å². The molecule has 1 unspecified atom stereocenters. The minimum atomic E-state index is 0.405. The fraction of sp³-hybridized carbons (Fsp3) is 0.429. The first kappa shape index (κ1) is 14.1. The molecule has 0 aliphatic rings. The maximum absolute atomic E-state index is 4.22. The lowest BCUT2D eigenvalue weighted by molar-refractivity contribution is 0.598. The number of aromatic nitrogens is 3. The van der Waals surface area contributed by atoms with Crippen LogP contribution in [0, 0.1) is 0 Å². The Morgan fingerprint density at radius 2 is 2.05 bits per heavy atom. The van der Waals surface area contributed by atoms with Crippen molar-refractivity contribution in [1.82, 2.24) is 20.1 Å². The van der Waals surface area contributed by atoms with E-state index in [4.69, 9.17) is 0 Å². The normalized spacial score (nSPS) is 12.6. The molecule has 4 nitrogen and oxygen atoms in total. The average Bonchev–Trinajstić information content (AvgIpc) is 2.83. The third-order valence-corrected chi connectivity index (χ3v) is 4.07. The van der Waals surface area contributed by atoms with Crippen LogP contribution in [-0.2, 0) is 12.8 Å². The number of hydrogen-bond acceptors (Lipinski definition) is 4. The van der Waals surface area contributed by atoms with Crippen LogP contribution in [-0.4, -0.2) is 21.3 Å². The summed E-state index contributed by atoms with van der Waals surface area (Å²) in [5, 5.41) is 7.49. The van der Waals surface area contributed by atoms with Crippen LogP contribution in [0.15, 0.2) is 35.5 Å². The van der Waals surface area contributed by atoms with Crippen LogP contribution in [0.5, 0.6) is 0 Å². The molecule has 1 heterocycles. The van der Waals surface area contributed by atoms with Gasteiger partial charge in [0.25, 0.3) is 0 Å². The van der Waals surface area contributed by atoms with Crippen LogP contribution in [0.25, 0.3) is 0 Å². The van der Waals surface area contributed by atoms with Crippen LogP contribution in [0.4, 0.5) is 0 Å². The molecule has 1 aromatic carbocycles. The third kappa shape index (κ3) is 3.81. The average molecular weight is 276 g/mol. The van der Waals surface area contributed by atoms with Crippen molar-refractivity contribution in [2.75, 3.05) is 6.54 Å². The SMILES string of the molecule is CCNC(C)c1ccc(SCc2ncnn2C)cc1. The molecule has 102 valence electrons. The zero-order valence-electron chi connectivity index (χ0n) is 11.6. The second kappa shape index (κ2) is 6.73. The largest absolute Gasteiger partial charge is 0.310 e. The Morgan fingerprint density at radius 3 is 2.63 bits per heavy atom. The van der Waals surface area contributed by atoms with E-state index in [-0.39, 0.29) is 0 Å². The lowest BCUT2D eigenvalue weighted by atomic mass is 10.1. The number of rotatable bonds is 6. The fourth-order valence-corrected chi connectivity index (χ4v) is 2.76. The highest BCUT2D eigenvalue weighted by molar-refractivity contribution is 7.98. The summed E-state index contributed by atoms with van der Waals surface area (Å²) < 4.78 is 1.81. The highest BCUT2D eigenvalue weighted by atomic mass is 32.2. The number of nitrogens with one attached hydrogen (secondary N) is 1. The van der Waals surface area contributed by atoms with E-state index in [1.54, 1.807) is 18.1 Å². The second-order valence-electron chi connectivity index (χ2n) is 4.44. The Labute approximate surface area is 118 Å². The third-order valence-electron chi connectivity index (χ3n) is 3.06. The van der Waals surface area contributed by atoms with Gasteiger partial charge in [0.15, 0.2) is 0 Å². The van der Waals surface area contributed by atoms with Crippen molar-refractivity contribution in [3.05, 3.63) is 42.0 Å². The van der Waals surface area contributed by atoms with Crippen molar-refractivity contribution in [1.29, 1.82) is 0 Å². The molecule has 2 rings (SSSR count). The molecule has 0 radical (unpaired) electrons. The van der Waals surface area contributed by atoms with Gasteiger partial charge in [0.1, 0.15) is 12.2 Å². The molecule has 1 N–H and O–H groups in total. The Morgan fingerprint density at radius 1 is 1.32 bits per heavy atom. The van der Waals surface area contributed by atoms with Crippen molar-refractivity contribution >= 4 is 11.8 Å². The van der Waals surface area contributed by atoms with Crippen molar-refractivity contribution in [2.45, 2.75) is 30.5 Å². The summed E-state index contributed by atoms with van der Waals surface area (Å²) in [6.45, 7) is 5.30. The van der Waals surface area contributed by atoms with E-state index in [2.05, 4.69) is 53.5 Å². The summed E-state index contributed by atoms with van der Waals surface area (Å²) in [5.74, 6) is 1.84. The van der Waals surface area contributed by atoms with Crippen molar-refractivity contribution < 1.29 is 0 Å². The lowest BCUT2D eigenvalue weighted by Crippen LogP contribution is -2.17. The van der Waals surface area contributed by atoms with E-state index >= 15 is 0 Å². The molecule has 0 saturated heterocycles. The predicted octanol–water partition coefficient (Wildman–Crippen LogP) is 2.78. The van der Waals surface area contributed by atoms with Gasteiger partial charge in [0, 0.05) is 18.0 Å². The van der Waals surface area contributed by atoms with Gasteiger partial charge in [-0.1, -0.05) is 19.1 Å². The summed E-state index contributed by atoms with van der Waals surface area (Å²) in [6, 6.07) is 9.12. The maximum atomic E-state index is 4.22. The highest BCUT2D eigenvalue weighted by Crippen LogP contribution is 2.23. The molecule has 1 atom stereocenters. The van der Waals surface area contributed by atoms with Crippen molar-refractivity contribution in [3.63, 3.8) is 0 Å². The van der Waals surface area contributed by atoms with Crippen LogP contribution >= 0.6 is 11.8 Å². The summed E-state index contributed by atoms with van der Waals surface area (Å²) in [4.78, 5) is 5.48. The summed E-state index contributed by atoms with van der Waals surface area (Å²) in [7, 11) is 1.92. The fourth-order valence-electron chi connectivity index (χ4n) is 1.88. The Balaban J connectivity index is 1.93.